The Kier molecular flexibility index (Phi) is 3.84. The molecule has 3 nitrogen and oxygen atoms in total. The molecule has 0 aromatic heterocycles. The first-order chi connectivity index (χ1) is 8.12. The molecule has 4 heteroatoms. The Bertz CT molecular complexity index is 414. The lowest BCUT2D eigenvalue weighted by atomic mass is 9.99. The Morgan fingerprint density at radius 2 is 2.29 bits per heavy atom. The molecule has 2 rings (SSSR count). The second kappa shape index (κ2) is 5.19. The lowest BCUT2D eigenvalue weighted by Crippen LogP contribution is -2.50. The van der Waals surface area contributed by atoms with Crippen molar-refractivity contribution < 1.29 is 4.79 Å². The smallest absolute Gasteiger partial charge is 0.240 e. The number of halogens is 1. The Morgan fingerprint density at radius 1 is 1.53 bits per heavy atom. The highest BCUT2D eigenvalue weighted by Crippen LogP contribution is 2.19. The summed E-state index contributed by atoms with van der Waals surface area (Å²) in [4.78, 5) is 12.1. The maximum absolute atomic E-state index is 12.1. The van der Waals surface area contributed by atoms with E-state index in [2.05, 4.69) is 26.6 Å². The van der Waals surface area contributed by atoms with Gasteiger partial charge in [-0.2, -0.15) is 0 Å². The van der Waals surface area contributed by atoms with Crippen molar-refractivity contribution in [2.45, 2.75) is 31.8 Å². The first-order valence-electron chi connectivity index (χ1n) is 5.88. The molecule has 1 unspecified atom stereocenters. The largest absolute Gasteiger partial charge is 0.350 e. The summed E-state index contributed by atoms with van der Waals surface area (Å²) in [5.41, 5.74) is 0.712. The summed E-state index contributed by atoms with van der Waals surface area (Å²) < 4.78 is 1.03. The van der Waals surface area contributed by atoms with E-state index >= 15 is 0 Å². The fraction of sp³-hybridized carbons (Fsp3) is 0.462. The molecule has 0 saturated carbocycles. The van der Waals surface area contributed by atoms with Gasteiger partial charge in [-0.05, 0) is 37.9 Å². The monoisotopic (exact) mass is 296 g/mol. The van der Waals surface area contributed by atoms with E-state index in [1.54, 1.807) is 0 Å². The summed E-state index contributed by atoms with van der Waals surface area (Å²) in [6.07, 6.45) is 1.98. The number of carbonyl (C=O) groups is 1. The molecule has 0 radical (unpaired) electrons. The molecule has 0 bridgehead atoms. The van der Waals surface area contributed by atoms with Gasteiger partial charge in [-0.3, -0.25) is 4.79 Å². The third-order valence-electron chi connectivity index (χ3n) is 3.27. The Balaban J connectivity index is 1.94. The lowest BCUT2D eigenvalue weighted by Gasteiger charge is -2.23. The van der Waals surface area contributed by atoms with E-state index in [1.165, 1.54) is 0 Å². The van der Waals surface area contributed by atoms with Crippen LogP contribution in [0.5, 0.6) is 0 Å². The van der Waals surface area contributed by atoms with Crippen molar-refractivity contribution in [2.75, 3.05) is 6.54 Å². The third-order valence-corrected chi connectivity index (χ3v) is 4.04. The number of nitrogens with one attached hydrogen (secondary N) is 2. The standard InChI is InChI=1S/C13H17BrN2O/c1-13(7-4-8-16-13)12(17)15-9-10-5-2-3-6-11(10)14/h2-3,5-6,16H,4,7-9H2,1H3,(H,15,17). The minimum atomic E-state index is -0.388. The number of rotatable bonds is 3. The molecule has 1 saturated heterocycles. The van der Waals surface area contributed by atoms with Gasteiger partial charge in [-0.25, -0.2) is 0 Å². The number of amides is 1. The normalized spacial score (nSPS) is 23.6. The number of benzene rings is 1. The van der Waals surface area contributed by atoms with Crippen molar-refractivity contribution in [1.82, 2.24) is 10.6 Å². The van der Waals surface area contributed by atoms with E-state index < -0.39 is 0 Å². The van der Waals surface area contributed by atoms with Gasteiger partial charge in [0.15, 0.2) is 0 Å². The van der Waals surface area contributed by atoms with Gasteiger partial charge < -0.3 is 10.6 Å². The van der Waals surface area contributed by atoms with Gasteiger partial charge in [0.05, 0.1) is 5.54 Å². The van der Waals surface area contributed by atoms with Crippen LogP contribution in [0, 0.1) is 0 Å². The fourth-order valence-electron chi connectivity index (χ4n) is 2.10. The summed E-state index contributed by atoms with van der Waals surface area (Å²) in [6.45, 7) is 3.46. The minimum Gasteiger partial charge on any atom is -0.350 e. The van der Waals surface area contributed by atoms with Gasteiger partial charge in [0.2, 0.25) is 5.91 Å². The van der Waals surface area contributed by atoms with Gasteiger partial charge in [0, 0.05) is 11.0 Å². The van der Waals surface area contributed by atoms with E-state index in [-0.39, 0.29) is 11.4 Å². The van der Waals surface area contributed by atoms with E-state index in [9.17, 15) is 4.79 Å². The predicted octanol–water partition coefficient (Wildman–Crippen LogP) is 2.21. The lowest BCUT2D eigenvalue weighted by molar-refractivity contribution is -0.126. The van der Waals surface area contributed by atoms with Crippen LogP contribution in [0.1, 0.15) is 25.3 Å². The van der Waals surface area contributed by atoms with E-state index in [4.69, 9.17) is 0 Å². The number of carbonyl (C=O) groups excluding carboxylic acids is 1. The van der Waals surface area contributed by atoms with Crippen LogP contribution in [0.25, 0.3) is 0 Å². The highest BCUT2D eigenvalue weighted by Gasteiger charge is 2.35. The zero-order valence-corrected chi connectivity index (χ0v) is 11.5. The molecule has 1 heterocycles. The molecular weight excluding hydrogens is 280 g/mol. The van der Waals surface area contributed by atoms with Gasteiger partial charge in [0.25, 0.3) is 0 Å². The maximum Gasteiger partial charge on any atom is 0.240 e. The molecule has 1 aromatic rings. The number of hydrogen-bond donors (Lipinski definition) is 2. The van der Waals surface area contributed by atoms with Crippen molar-refractivity contribution in [3.8, 4) is 0 Å². The zero-order valence-electron chi connectivity index (χ0n) is 9.92. The average molecular weight is 297 g/mol. The summed E-state index contributed by atoms with van der Waals surface area (Å²) >= 11 is 3.48. The summed E-state index contributed by atoms with van der Waals surface area (Å²) in [7, 11) is 0. The average Bonchev–Trinajstić information content (AvgIpc) is 2.76. The summed E-state index contributed by atoms with van der Waals surface area (Å²) in [5.74, 6) is 0.0887. The molecule has 1 aromatic carbocycles. The van der Waals surface area contributed by atoms with E-state index in [0.29, 0.717) is 6.54 Å². The van der Waals surface area contributed by atoms with Crippen LogP contribution in [-0.2, 0) is 11.3 Å². The van der Waals surface area contributed by atoms with Gasteiger partial charge in [-0.1, -0.05) is 34.1 Å². The first-order valence-corrected chi connectivity index (χ1v) is 6.68. The molecule has 1 amide bonds. The van der Waals surface area contributed by atoms with Crippen LogP contribution in [0.3, 0.4) is 0 Å². The Morgan fingerprint density at radius 3 is 2.94 bits per heavy atom. The zero-order chi connectivity index (χ0) is 12.3. The van der Waals surface area contributed by atoms with Crippen LogP contribution in [0.15, 0.2) is 28.7 Å². The van der Waals surface area contributed by atoms with Crippen LogP contribution >= 0.6 is 15.9 Å². The Labute approximate surface area is 110 Å². The van der Waals surface area contributed by atoms with Gasteiger partial charge in [0.1, 0.15) is 0 Å². The highest BCUT2D eigenvalue weighted by atomic mass is 79.9. The summed E-state index contributed by atoms with van der Waals surface area (Å²) in [5, 5.41) is 6.25. The molecule has 0 spiro atoms. The van der Waals surface area contributed by atoms with Crippen molar-refractivity contribution in [2.24, 2.45) is 0 Å². The van der Waals surface area contributed by atoms with Crippen molar-refractivity contribution in [1.29, 1.82) is 0 Å². The van der Waals surface area contributed by atoms with Crippen LogP contribution < -0.4 is 10.6 Å². The van der Waals surface area contributed by atoms with Crippen molar-refractivity contribution in [3.63, 3.8) is 0 Å². The Hall–Kier alpha value is -0.870. The second-order valence-electron chi connectivity index (χ2n) is 4.64. The highest BCUT2D eigenvalue weighted by molar-refractivity contribution is 9.10. The quantitative estimate of drug-likeness (QED) is 0.898. The number of hydrogen-bond acceptors (Lipinski definition) is 2. The van der Waals surface area contributed by atoms with Crippen LogP contribution in [-0.4, -0.2) is 18.0 Å². The van der Waals surface area contributed by atoms with E-state index in [0.717, 1.165) is 29.4 Å². The maximum atomic E-state index is 12.1. The predicted molar refractivity (Wildman–Crippen MR) is 71.6 cm³/mol. The van der Waals surface area contributed by atoms with Crippen molar-refractivity contribution in [3.05, 3.63) is 34.3 Å². The molecule has 1 fully saturated rings. The third kappa shape index (κ3) is 2.87. The van der Waals surface area contributed by atoms with Gasteiger partial charge >= 0.3 is 0 Å². The molecule has 1 atom stereocenters. The summed E-state index contributed by atoms with van der Waals surface area (Å²) in [6, 6.07) is 7.93. The van der Waals surface area contributed by atoms with E-state index in [1.807, 2.05) is 31.2 Å². The topological polar surface area (TPSA) is 41.1 Å². The van der Waals surface area contributed by atoms with Crippen molar-refractivity contribution >= 4 is 21.8 Å². The van der Waals surface area contributed by atoms with Gasteiger partial charge in [-0.15, -0.1) is 0 Å². The minimum absolute atomic E-state index is 0.0887. The SMILES string of the molecule is CC1(C(=O)NCc2ccccc2Br)CCCN1. The molecule has 1 aliphatic heterocycles. The molecule has 92 valence electrons. The molecule has 17 heavy (non-hydrogen) atoms. The second-order valence-corrected chi connectivity index (χ2v) is 5.49. The molecular formula is C13H17BrN2O. The van der Waals surface area contributed by atoms with Crippen LogP contribution in [0.2, 0.25) is 0 Å². The van der Waals surface area contributed by atoms with Crippen LogP contribution in [0.4, 0.5) is 0 Å². The molecule has 0 aliphatic carbocycles. The first kappa shape index (κ1) is 12.6. The molecule has 1 aliphatic rings. The fourth-order valence-corrected chi connectivity index (χ4v) is 2.53. The molecule has 2 N–H and O–H groups in total.